The number of benzene rings is 1. The van der Waals surface area contributed by atoms with Gasteiger partial charge in [0.1, 0.15) is 0 Å². The first-order valence-corrected chi connectivity index (χ1v) is 11.9. The fraction of sp³-hybridized carbons (Fsp3) is 0.261. The number of amides is 1. The highest BCUT2D eigenvalue weighted by Crippen LogP contribution is 2.25. The number of hydrogen-bond donors (Lipinski definition) is 1. The zero-order valence-electron chi connectivity index (χ0n) is 17.2. The Morgan fingerprint density at radius 3 is 2.55 bits per heavy atom. The van der Waals surface area contributed by atoms with E-state index < -0.39 is 0 Å². The van der Waals surface area contributed by atoms with Crippen LogP contribution in [0.5, 0.6) is 0 Å². The summed E-state index contributed by atoms with van der Waals surface area (Å²) < 4.78 is 3.99. The lowest BCUT2D eigenvalue weighted by molar-refractivity contribution is -0.122. The molecule has 0 spiro atoms. The Labute approximate surface area is 190 Å². The molecule has 0 radical (unpaired) electrons. The fourth-order valence-corrected chi connectivity index (χ4v) is 4.26. The molecule has 2 unspecified atom stereocenters. The van der Waals surface area contributed by atoms with E-state index in [9.17, 15) is 4.79 Å². The summed E-state index contributed by atoms with van der Waals surface area (Å²) in [6.07, 6.45) is 9.02. The zero-order valence-corrected chi connectivity index (χ0v) is 18.8. The summed E-state index contributed by atoms with van der Waals surface area (Å²) in [5.74, 6) is 1.62. The molecule has 8 heteroatoms. The van der Waals surface area contributed by atoms with Crippen LogP contribution in [-0.2, 0) is 4.79 Å². The molecule has 0 aliphatic rings. The van der Waals surface area contributed by atoms with Gasteiger partial charge < -0.3 is 9.88 Å². The molecule has 1 amide bonds. The fourth-order valence-electron chi connectivity index (χ4n) is 3.66. The van der Waals surface area contributed by atoms with Crippen LogP contribution in [0.3, 0.4) is 0 Å². The maximum absolute atomic E-state index is 13.2. The molecule has 3 heterocycles. The first-order valence-electron chi connectivity index (χ1n) is 10.1. The van der Waals surface area contributed by atoms with Crippen molar-refractivity contribution >= 4 is 34.9 Å². The highest BCUT2D eigenvalue weighted by atomic mass is 35.5. The van der Waals surface area contributed by atoms with E-state index in [0.29, 0.717) is 11.4 Å². The largest absolute Gasteiger partial charge is 0.346 e. The van der Waals surface area contributed by atoms with Crippen molar-refractivity contribution in [1.82, 2.24) is 24.5 Å². The molecule has 0 aliphatic carbocycles. The number of fused-ring (bicyclic) bond motifs is 1. The van der Waals surface area contributed by atoms with Gasteiger partial charge in [-0.05, 0) is 60.4 Å². The van der Waals surface area contributed by atoms with Crippen LogP contribution in [0.25, 0.3) is 5.65 Å². The second kappa shape index (κ2) is 10.0. The molecule has 160 valence electrons. The third-order valence-electron chi connectivity index (χ3n) is 5.22. The predicted octanol–water partition coefficient (Wildman–Crippen LogP) is 4.77. The van der Waals surface area contributed by atoms with E-state index in [2.05, 4.69) is 21.8 Å². The number of nitrogens with zero attached hydrogens (tertiary/aromatic N) is 4. The maximum Gasteiger partial charge on any atom is 0.223 e. The number of rotatable bonds is 9. The lowest BCUT2D eigenvalue weighted by Gasteiger charge is -2.22. The highest BCUT2D eigenvalue weighted by molar-refractivity contribution is 7.98. The second-order valence-corrected chi connectivity index (χ2v) is 8.71. The number of aromatic nitrogens is 4. The Bertz CT molecular complexity index is 1130. The van der Waals surface area contributed by atoms with Crippen LogP contribution in [0.15, 0.2) is 73.2 Å². The standard InChI is InChI=1S/C23H24ClN5OS/c1-31-15-11-19(23-27-26-21-6-2-3-14-29(21)23)25-22(30)16-20(28-12-4-5-13-28)17-7-9-18(24)10-8-17/h2-10,12-14,19-20H,11,15-16H2,1H3,(H,25,30). The SMILES string of the molecule is CSCCC(NC(=O)CC(c1ccc(Cl)cc1)n1cccc1)c1nnc2ccccn12. The molecule has 31 heavy (non-hydrogen) atoms. The quantitative estimate of drug-likeness (QED) is 0.396. The van der Waals surface area contributed by atoms with Gasteiger partial charge in [0, 0.05) is 23.6 Å². The molecule has 3 aromatic heterocycles. The van der Waals surface area contributed by atoms with Crippen LogP contribution in [-0.4, -0.2) is 37.1 Å². The Morgan fingerprint density at radius 1 is 1.06 bits per heavy atom. The molecule has 1 N–H and O–H groups in total. The van der Waals surface area contributed by atoms with Crippen molar-refractivity contribution in [2.75, 3.05) is 12.0 Å². The minimum Gasteiger partial charge on any atom is -0.346 e. The molecule has 6 nitrogen and oxygen atoms in total. The molecular formula is C23H24ClN5OS. The Balaban J connectivity index is 1.56. The molecule has 4 aromatic rings. The van der Waals surface area contributed by atoms with Gasteiger partial charge in [0.2, 0.25) is 5.91 Å². The van der Waals surface area contributed by atoms with Crippen molar-refractivity contribution in [3.63, 3.8) is 0 Å². The first kappa shape index (κ1) is 21.5. The number of carbonyl (C=O) groups is 1. The van der Waals surface area contributed by atoms with Crippen LogP contribution >= 0.6 is 23.4 Å². The van der Waals surface area contributed by atoms with Crippen LogP contribution < -0.4 is 5.32 Å². The summed E-state index contributed by atoms with van der Waals surface area (Å²) in [4.78, 5) is 13.2. The third-order valence-corrected chi connectivity index (χ3v) is 6.11. The lowest BCUT2D eigenvalue weighted by atomic mass is 10.0. The summed E-state index contributed by atoms with van der Waals surface area (Å²) >= 11 is 7.81. The molecule has 2 atom stereocenters. The van der Waals surface area contributed by atoms with Gasteiger partial charge in [-0.15, -0.1) is 10.2 Å². The summed E-state index contributed by atoms with van der Waals surface area (Å²) in [5, 5.41) is 12.5. The van der Waals surface area contributed by atoms with Crippen molar-refractivity contribution in [2.24, 2.45) is 0 Å². The predicted molar refractivity (Wildman–Crippen MR) is 126 cm³/mol. The molecule has 4 rings (SSSR count). The minimum atomic E-state index is -0.215. The molecule has 0 aliphatic heterocycles. The van der Waals surface area contributed by atoms with Crippen LogP contribution in [0.4, 0.5) is 0 Å². The van der Waals surface area contributed by atoms with Gasteiger partial charge in [-0.3, -0.25) is 9.20 Å². The van der Waals surface area contributed by atoms with E-state index in [4.69, 9.17) is 11.6 Å². The molecule has 0 fully saturated rings. The van der Waals surface area contributed by atoms with E-state index in [1.165, 1.54) is 0 Å². The lowest BCUT2D eigenvalue weighted by Crippen LogP contribution is -2.32. The maximum atomic E-state index is 13.2. The van der Waals surface area contributed by atoms with E-state index >= 15 is 0 Å². The third kappa shape index (κ3) is 5.11. The summed E-state index contributed by atoms with van der Waals surface area (Å²) in [5.41, 5.74) is 1.80. The average Bonchev–Trinajstić information content (AvgIpc) is 3.46. The summed E-state index contributed by atoms with van der Waals surface area (Å²) in [6.45, 7) is 0. The number of carbonyl (C=O) groups excluding carboxylic acids is 1. The normalized spacial score (nSPS) is 13.2. The average molecular weight is 454 g/mol. The summed E-state index contributed by atoms with van der Waals surface area (Å²) in [6, 6.07) is 17.0. The smallest absolute Gasteiger partial charge is 0.223 e. The van der Waals surface area contributed by atoms with Gasteiger partial charge in [-0.25, -0.2) is 0 Å². The Morgan fingerprint density at radius 2 is 1.81 bits per heavy atom. The number of pyridine rings is 1. The van der Waals surface area contributed by atoms with Gasteiger partial charge in [-0.1, -0.05) is 29.8 Å². The van der Waals surface area contributed by atoms with Gasteiger partial charge >= 0.3 is 0 Å². The minimum absolute atomic E-state index is 0.0348. The molecule has 0 saturated heterocycles. The van der Waals surface area contributed by atoms with Crippen LogP contribution in [0.1, 0.15) is 36.3 Å². The highest BCUT2D eigenvalue weighted by Gasteiger charge is 2.23. The van der Waals surface area contributed by atoms with E-state index in [0.717, 1.165) is 29.2 Å². The number of hydrogen-bond acceptors (Lipinski definition) is 4. The van der Waals surface area contributed by atoms with Crippen molar-refractivity contribution < 1.29 is 4.79 Å². The van der Waals surface area contributed by atoms with E-state index in [-0.39, 0.29) is 18.0 Å². The van der Waals surface area contributed by atoms with Gasteiger partial charge in [0.25, 0.3) is 0 Å². The second-order valence-electron chi connectivity index (χ2n) is 7.29. The van der Waals surface area contributed by atoms with Gasteiger partial charge in [0.05, 0.1) is 18.5 Å². The number of nitrogens with one attached hydrogen (secondary N) is 1. The van der Waals surface area contributed by atoms with E-state index in [1.54, 1.807) is 11.8 Å². The Hall–Kier alpha value is -2.77. The topological polar surface area (TPSA) is 64.2 Å². The zero-order chi connectivity index (χ0) is 21.6. The van der Waals surface area contributed by atoms with Crippen LogP contribution in [0, 0.1) is 0 Å². The number of halogens is 1. The van der Waals surface area contributed by atoms with Crippen molar-refractivity contribution in [2.45, 2.75) is 24.9 Å². The molecule has 0 saturated carbocycles. The van der Waals surface area contributed by atoms with Crippen LogP contribution in [0.2, 0.25) is 5.02 Å². The summed E-state index contributed by atoms with van der Waals surface area (Å²) in [7, 11) is 0. The first-order chi connectivity index (χ1) is 15.2. The molecule has 1 aromatic carbocycles. The van der Waals surface area contributed by atoms with Gasteiger partial charge in [0.15, 0.2) is 11.5 Å². The van der Waals surface area contributed by atoms with Crippen molar-refractivity contribution in [1.29, 1.82) is 0 Å². The van der Waals surface area contributed by atoms with Crippen molar-refractivity contribution in [3.05, 3.63) is 89.6 Å². The van der Waals surface area contributed by atoms with E-state index in [1.807, 2.05) is 82.2 Å². The van der Waals surface area contributed by atoms with Crippen molar-refractivity contribution in [3.8, 4) is 0 Å². The Kier molecular flexibility index (Phi) is 6.94. The monoisotopic (exact) mass is 453 g/mol. The number of thioether (sulfide) groups is 1. The molecule has 0 bridgehead atoms. The molecular weight excluding hydrogens is 430 g/mol. The van der Waals surface area contributed by atoms with Gasteiger partial charge in [-0.2, -0.15) is 11.8 Å².